The first kappa shape index (κ1) is 22.5. The second-order valence-electron chi connectivity index (χ2n) is 9.58. The summed E-state index contributed by atoms with van der Waals surface area (Å²) in [5, 5.41) is 6.74. The van der Waals surface area contributed by atoms with Crippen LogP contribution < -0.4 is 10.2 Å². The molecule has 0 unspecified atom stereocenters. The number of hydrogen-bond acceptors (Lipinski definition) is 2. The van der Waals surface area contributed by atoms with Gasteiger partial charge in [-0.2, -0.15) is 0 Å². The second kappa shape index (κ2) is 9.25. The van der Waals surface area contributed by atoms with Crippen LogP contribution in [0.1, 0.15) is 48.8 Å². The summed E-state index contributed by atoms with van der Waals surface area (Å²) in [5.41, 5.74) is 5.64. The van der Waals surface area contributed by atoms with E-state index in [4.69, 9.17) is 17.2 Å². The second-order valence-corrected chi connectivity index (χ2v) is 9.96. The minimum atomic E-state index is -0.0856. The molecule has 1 aliphatic heterocycles. The van der Waals surface area contributed by atoms with E-state index in [1.807, 2.05) is 18.3 Å². The van der Waals surface area contributed by atoms with Gasteiger partial charge in [-0.1, -0.05) is 62.4 Å². The van der Waals surface area contributed by atoms with Crippen LogP contribution in [0.5, 0.6) is 0 Å². The van der Waals surface area contributed by atoms with Gasteiger partial charge in [0.15, 0.2) is 5.11 Å². The molecule has 2 aromatic heterocycles. The molecule has 0 amide bonds. The van der Waals surface area contributed by atoms with Crippen molar-refractivity contribution < 1.29 is 0 Å². The normalized spacial score (nSPS) is 17.6. The van der Waals surface area contributed by atoms with Crippen molar-refractivity contribution in [3.63, 3.8) is 0 Å². The van der Waals surface area contributed by atoms with Crippen LogP contribution >= 0.6 is 12.2 Å². The highest BCUT2D eigenvalue weighted by atomic mass is 32.1. The van der Waals surface area contributed by atoms with E-state index in [1.165, 1.54) is 16.3 Å². The zero-order chi connectivity index (χ0) is 24.6. The molecule has 1 N–H and O–H groups in total. The Morgan fingerprint density at radius 3 is 2.31 bits per heavy atom. The maximum atomic E-state index is 5.94. The Morgan fingerprint density at radius 1 is 0.806 bits per heavy atom. The van der Waals surface area contributed by atoms with Gasteiger partial charge in [0.1, 0.15) is 6.04 Å². The van der Waals surface area contributed by atoms with Crippen LogP contribution in [0.25, 0.3) is 16.5 Å². The number of benzene rings is 3. The van der Waals surface area contributed by atoms with Gasteiger partial charge < -0.3 is 14.8 Å². The fourth-order valence-corrected chi connectivity index (χ4v) is 5.50. The summed E-state index contributed by atoms with van der Waals surface area (Å²) in [6, 6.07) is 34.1. The Morgan fingerprint density at radius 2 is 1.56 bits per heavy atom. The molecule has 3 aromatic carbocycles. The number of nitrogens with one attached hydrogen (secondary N) is 1. The molecule has 0 radical (unpaired) electrons. The van der Waals surface area contributed by atoms with E-state index in [0.717, 1.165) is 22.8 Å². The third-order valence-electron chi connectivity index (χ3n) is 7.03. The van der Waals surface area contributed by atoms with Crippen molar-refractivity contribution in [2.24, 2.45) is 0 Å². The maximum Gasteiger partial charge on any atom is 0.174 e. The molecule has 178 valence electrons. The Labute approximate surface area is 217 Å². The van der Waals surface area contributed by atoms with Gasteiger partial charge in [0.25, 0.3) is 0 Å². The largest absolute Gasteiger partial charge is 0.351 e. The molecule has 0 bridgehead atoms. The molecule has 36 heavy (non-hydrogen) atoms. The molecular formula is C31H28N4S. The van der Waals surface area contributed by atoms with E-state index >= 15 is 0 Å². The van der Waals surface area contributed by atoms with Crippen LogP contribution in [0.4, 0.5) is 5.69 Å². The summed E-state index contributed by atoms with van der Waals surface area (Å²) in [6.45, 7) is 4.43. The van der Waals surface area contributed by atoms with Gasteiger partial charge in [0.05, 0.1) is 11.7 Å². The average molecular weight is 489 g/mol. The number of pyridine rings is 1. The van der Waals surface area contributed by atoms with E-state index in [0.29, 0.717) is 11.0 Å². The van der Waals surface area contributed by atoms with E-state index in [9.17, 15) is 0 Å². The lowest BCUT2D eigenvalue weighted by atomic mass is 9.99. The van der Waals surface area contributed by atoms with Crippen molar-refractivity contribution in [1.29, 1.82) is 0 Å². The van der Waals surface area contributed by atoms with Gasteiger partial charge in [-0.25, -0.2) is 0 Å². The van der Waals surface area contributed by atoms with Crippen molar-refractivity contribution in [2.75, 3.05) is 4.90 Å². The van der Waals surface area contributed by atoms with Crippen molar-refractivity contribution in [2.45, 2.75) is 31.8 Å². The van der Waals surface area contributed by atoms with Crippen LogP contribution in [0.2, 0.25) is 0 Å². The number of nitrogens with zero attached hydrogens (tertiary/aromatic N) is 3. The molecule has 4 nitrogen and oxygen atoms in total. The Kier molecular flexibility index (Phi) is 5.78. The standard InChI is InChI=1S/C31H28N4S/c1-21(2)22-12-15-25(16-13-22)35-30(29(33-31(35)36)27-10-5-6-18-32-27)28-11-7-19-34(28)26-17-14-23-8-3-4-9-24(23)20-26/h3-21,29-30H,1-2H3,(H,33,36)/t29-,30+/m1/s1. The predicted octanol–water partition coefficient (Wildman–Crippen LogP) is 7.33. The number of hydrogen-bond donors (Lipinski definition) is 1. The van der Waals surface area contributed by atoms with E-state index < -0.39 is 0 Å². The molecule has 6 rings (SSSR count). The molecule has 0 saturated carbocycles. The molecule has 0 aliphatic carbocycles. The Bertz CT molecular complexity index is 1520. The Hall–Kier alpha value is -3.96. The third kappa shape index (κ3) is 3.95. The molecule has 5 aromatic rings. The lowest BCUT2D eigenvalue weighted by Gasteiger charge is -2.29. The molecule has 2 atom stereocenters. The van der Waals surface area contributed by atoms with Crippen molar-refractivity contribution >= 4 is 33.8 Å². The molecular weight excluding hydrogens is 460 g/mol. The number of rotatable bonds is 5. The van der Waals surface area contributed by atoms with Crippen LogP contribution in [-0.2, 0) is 0 Å². The summed E-state index contributed by atoms with van der Waals surface area (Å²) in [6.07, 6.45) is 3.98. The van der Waals surface area contributed by atoms with Gasteiger partial charge >= 0.3 is 0 Å². The third-order valence-corrected chi connectivity index (χ3v) is 7.35. The highest BCUT2D eigenvalue weighted by Crippen LogP contribution is 2.42. The van der Waals surface area contributed by atoms with Crippen molar-refractivity contribution in [1.82, 2.24) is 14.9 Å². The highest BCUT2D eigenvalue weighted by Gasteiger charge is 2.42. The summed E-state index contributed by atoms with van der Waals surface area (Å²) in [5.74, 6) is 0.477. The van der Waals surface area contributed by atoms with Gasteiger partial charge in [-0.05, 0) is 83.0 Å². The predicted molar refractivity (Wildman–Crippen MR) is 152 cm³/mol. The highest BCUT2D eigenvalue weighted by molar-refractivity contribution is 7.80. The molecule has 1 saturated heterocycles. The van der Waals surface area contributed by atoms with Crippen LogP contribution in [0, 0.1) is 0 Å². The first-order chi connectivity index (χ1) is 17.6. The number of aromatic nitrogens is 2. The van der Waals surface area contributed by atoms with Crippen LogP contribution in [0.15, 0.2) is 109 Å². The van der Waals surface area contributed by atoms with Gasteiger partial charge in [0.2, 0.25) is 0 Å². The number of anilines is 1. The van der Waals surface area contributed by atoms with E-state index in [2.05, 4.69) is 120 Å². The van der Waals surface area contributed by atoms with Crippen molar-refractivity contribution in [3.8, 4) is 5.69 Å². The van der Waals surface area contributed by atoms with Gasteiger partial charge in [-0.3, -0.25) is 4.98 Å². The van der Waals surface area contributed by atoms with Crippen molar-refractivity contribution in [3.05, 3.63) is 126 Å². The fourth-order valence-electron chi connectivity index (χ4n) is 5.15. The SMILES string of the molecule is CC(C)c1ccc(N2C(=S)N[C@H](c3ccccn3)[C@@H]2c2cccn2-c2ccc3ccccc3c2)cc1. The molecule has 1 fully saturated rings. The molecule has 3 heterocycles. The number of thiocarbonyl (C=S) groups is 1. The zero-order valence-corrected chi connectivity index (χ0v) is 21.2. The monoisotopic (exact) mass is 488 g/mol. The quantitative estimate of drug-likeness (QED) is 0.263. The minimum Gasteiger partial charge on any atom is -0.351 e. The fraction of sp³-hybridized carbons (Fsp3) is 0.161. The van der Waals surface area contributed by atoms with Crippen LogP contribution in [0.3, 0.4) is 0 Å². The average Bonchev–Trinajstić information content (AvgIpc) is 3.53. The zero-order valence-electron chi connectivity index (χ0n) is 20.4. The summed E-state index contributed by atoms with van der Waals surface area (Å²) in [7, 11) is 0. The minimum absolute atomic E-state index is 0.0706. The smallest absolute Gasteiger partial charge is 0.174 e. The summed E-state index contributed by atoms with van der Waals surface area (Å²) >= 11 is 5.94. The van der Waals surface area contributed by atoms with Gasteiger partial charge in [0, 0.05) is 29.5 Å². The topological polar surface area (TPSA) is 33.1 Å². The first-order valence-electron chi connectivity index (χ1n) is 12.4. The van der Waals surface area contributed by atoms with Crippen LogP contribution in [-0.4, -0.2) is 14.7 Å². The maximum absolute atomic E-state index is 5.94. The lowest BCUT2D eigenvalue weighted by molar-refractivity contribution is 0.549. The number of fused-ring (bicyclic) bond motifs is 1. The molecule has 1 aliphatic rings. The Balaban J connectivity index is 1.49. The first-order valence-corrected chi connectivity index (χ1v) is 12.8. The molecule has 0 spiro atoms. The van der Waals surface area contributed by atoms with E-state index in [-0.39, 0.29) is 12.1 Å². The lowest BCUT2D eigenvalue weighted by Crippen LogP contribution is -2.30. The van der Waals surface area contributed by atoms with E-state index in [1.54, 1.807) is 0 Å². The summed E-state index contributed by atoms with van der Waals surface area (Å²) in [4.78, 5) is 6.95. The summed E-state index contributed by atoms with van der Waals surface area (Å²) < 4.78 is 2.28. The van der Waals surface area contributed by atoms with Gasteiger partial charge in [-0.15, -0.1) is 0 Å². The molecule has 5 heteroatoms.